The molecule has 2 saturated heterocycles. The van der Waals surface area contributed by atoms with E-state index in [9.17, 15) is 22.8 Å². The molecule has 12 nitrogen and oxygen atoms in total. The Morgan fingerprint density at radius 3 is 2.83 bits per heavy atom. The second-order valence-corrected chi connectivity index (χ2v) is 9.91. The van der Waals surface area contributed by atoms with Crippen molar-refractivity contribution in [3.8, 4) is 5.88 Å². The average molecular weight is 584 g/mol. The summed E-state index contributed by atoms with van der Waals surface area (Å²) in [5.41, 5.74) is -1.35. The molecular weight excluding hydrogens is 554 g/mol. The van der Waals surface area contributed by atoms with Crippen molar-refractivity contribution in [2.24, 2.45) is 7.05 Å². The number of halogens is 4. The maximum Gasteiger partial charge on any atom is 0.417 e. The minimum absolute atomic E-state index is 0.0674. The molecule has 3 aromatic heterocycles. The molecule has 0 radical (unpaired) electrons. The normalized spacial score (nSPS) is 21.6. The number of urea groups is 1. The number of hydrogen-bond donors (Lipinski definition) is 2. The summed E-state index contributed by atoms with van der Waals surface area (Å²) in [5.74, 6) is 0.326. The third kappa shape index (κ3) is 6.22. The highest BCUT2D eigenvalue weighted by atomic mass is 19.4. The molecule has 2 fully saturated rings. The van der Waals surface area contributed by atoms with E-state index < -0.39 is 41.2 Å². The van der Waals surface area contributed by atoms with Gasteiger partial charge in [-0.1, -0.05) is 0 Å². The van der Waals surface area contributed by atoms with Crippen LogP contribution in [0.3, 0.4) is 0 Å². The molecule has 0 aliphatic carbocycles. The van der Waals surface area contributed by atoms with Crippen molar-refractivity contribution in [2.75, 3.05) is 56.8 Å². The SMILES string of the molecule is CN(C(=O)Nc1cc(C(F)(F)F)cn(C)c1=O)[C@@H]1CCN(c2cnc3[nH]nc(OCC4COCCO4)c3c2)C[C@@H]1F. The van der Waals surface area contributed by atoms with E-state index in [0.717, 1.165) is 16.5 Å². The number of H-pyrrole nitrogens is 1. The van der Waals surface area contributed by atoms with Crippen molar-refractivity contribution < 1.29 is 36.6 Å². The molecule has 41 heavy (non-hydrogen) atoms. The van der Waals surface area contributed by atoms with E-state index in [2.05, 4.69) is 20.5 Å². The number of rotatable bonds is 6. The first-order valence-electron chi connectivity index (χ1n) is 12.9. The lowest BCUT2D eigenvalue weighted by Crippen LogP contribution is -2.54. The quantitative estimate of drug-likeness (QED) is 0.424. The monoisotopic (exact) mass is 583 g/mol. The Hall–Kier alpha value is -3.92. The summed E-state index contributed by atoms with van der Waals surface area (Å²) in [6.45, 7) is 1.98. The van der Waals surface area contributed by atoms with Crippen molar-refractivity contribution in [1.29, 1.82) is 0 Å². The number of carbonyl (C=O) groups is 1. The third-order valence-corrected chi connectivity index (χ3v) is 7.10. The van der Waals surface area contributed by atoms with Gasteiger partial charge in [-0.2, -0.15) is 13.2 Å². The van der Waals surface area contributed by atoms with Gasteiger partial charge in [0, 0.05) is 26.8 Å². The zero-order valence-corrected chi connectivity index (χ0v) is 22.3. The van der Waals surface area contributed by atoms with Gasteiger partial charge in [-0.05, 0) is 18.6 Å². The topological polar surface area (TPSA) is 127 Å². The molecule has 5 heterocycles. The Bertz CT molecular complexity index is 1460. The third-order valence-electron chi connectivity index (χ3n) is 7.10. The standard InChI is InChI=1S/C25H29F4N7O5/c1-34-10-14(25(27,28)29)7-19(23(34)37)31-24(38)35(2)20-3-4-36(11-18(20)26)15-8-17-21(30-9-15)32-33-22(17)41-13-16-12-39-5-6-40-16/h7-10,16,18,20H,3-6,11-13H2,1-2H3,(H,31,38)(H,30,32,33)/t16?,18-,20+/m0/s1. The number of nitrogens with one attached hydrogen (secondary N) is 2. The number of amides is 2. The van der Waals surface area contributed by atoms with Gasteiger partial charge in [0.15, 0.2) is 5.65 Å². The number of alkyl halides is 4. The van der Waals surface area contributed by atoms with Crippen LogP contribution < -0.4 is 20.5 Å². The van der Waals surface area contributed by atoms with Crippen molar-refractivity contribution in [2.45, 2.75) is 30.9 Å². The van der Waals surface area contributed by atoms with Crippen LogP contribution in [-0.2, 0) is 22.7 Å². The lowest BCUT2D eigenvalue weighted by molar-refractivity contribution is -0.138. The average Bonchev–Trinajstić information content (AvgIpc) is 3.36. The van der Waals surface area contributed by atoms with Gasteiger partial charge in [0.2, 0.25) is 5.88 Å². The van der Waals surface area contributed by atoms with Crippen LogP contribution in [0.4, 0.5) is 33.7 Å². The highest BCUT2D eigenvalue weighted by Crippen LogP contribution is 2.31. The molecule has 2 N–H and O–H groups in total. The Morgan fingerprint density at radius 2 is 2.12 bits per heavy atom. The second kappa shape index (κ2) is 11.5. The number of anilines is 2. The van der Waals surface area contributed by atoms with Crippen LogP contribution in [0.25, 0.3) is 11.0 Å². The van der Waals surface area contributed by atoms with Gasteiger partial charge in [-0.3, -0.25) is 9.89 Å². The molecule has 2 aliphatic heterocycles. The van der Waals surface area contributed by atoms with E-state index in [1.54, 1.807) is 17.2 Å². The number of piperidine rings is 1. The van der Waals surface area contributed by atoms with Crippen molar-refractivity contribution in [3.63, 3.8) is 0 Å². The number of hydrogen-bond acceptors (Lipinski definition) is 8. The zero-order chi connectivity index (χ0) is 29.3. The molecule has 1 unspecified atom stereocenters. The number of carbonyl (C=O) groups excluding carboxylic acids is 1. The van der Waals surface area contributed by atoms with Gasteiger partial charge >= 0.3 is 12.2 Å². The molecule has 0 bridgehead atoms. The maximum atomic E-state index is 15.4. The summed E-state index contributed by atoms with van der Waals surface area (Å²) in [5, 5.41) is 9.78. The van der Waals surface area contributed by atoms with Gasteiger partial charge in [0.25, 0.3) is 5.56 Å². The van der Waals surface area contributed by atoms with E-state index in [-0.39, 0.29) is 25.7 Å². The number of ether oxygens (including phenoxy) is 3. The van der Waals surface area contributed by atoms with Crippen LogP contribution in [0.5, 0.6) is 5.88 Å². The molecule has 0 saturated carbocycles. The molecule has 5 rings (SSSR count). The molecular formula is C25H29F4N7O5. The first kappa shape index (κ1) is 28.6. The predicted molar refractivity (Wildman–Crippen MR) is 139 cm³/mol. The Balaban J connectivity index is 1.23. The van der Waals surface area contributed by atoms with E-state index in [1.165, 1.54) is 7.05 Å². The van der Waals surface area contributed by atoms with Crippen LogP contribution in [0.1, 0.15) is 12.0 Å². The Labute approximate surface area is 231 Å². The summed E-state index contributed by atoms with van der Waals surface area (Å²) in [7, 11) is 2.49. The second-order valence-electron chi connectivity index (χ2n) is 9.91. The van der Waals surface area contributed by atoms with Crippen molar-refractivity contribution in [1.82, 2.24) is 24.6 Å². The minimum atomic E-state index is -4.71. The van der Waals surface area contributed by atoms with Gasteiger partial charge in [-0.15, -0.1) is 5.10 Å². The molecule has 16 heteroatoms. The smallest absolute Gasteiger partial charge is 0.417 e. The van der Waals surface area contributed by atoms with Crippen molar-refractivity contribution >= 4 is 28.4 Å². The molecule has 222 valence electrons. The molecule has 0 spiro atoms. The summed E-state index contributed by atoms with van der Waals surface area (Å²) in [6, 6.07) is 0.587. The van der Waals surface area contributed by atoms with Crippen LogP contribution in [0.2, 0.25) is 0 Å². The molecule has 3 aromatic rings. The zero-order valence-electron chi connectivity index (χ0n) is 22.3. The number of aromatic amines is 1. The molecule has 0 aromatic carbocycles. The van der Waals surface area contributed by atoms with Gasteiger partial charge in [0.05, 0.1) is 55.2 Å². The van der Waals surface area contributed by atoms with E-state index in [0.29, 0.717) is 61.2 Å². The van der Waals surface area contributed by atoms with E-state index >= 15 is 4.39 Å². The summed E-state index contributed by atoms with van der Waals surface area (Å²) < 4.78 is 72.4. The fourth-order valence-corrected chi connectivity index (χ4v) is 4.83. The number of pyridine rings is 2. The number of aryl methyl sites for hydroxylation is 1. The number of fused-ring (bicyclic) bond motifs is 1. The molecule has 3 atom stereocenters. The molecule has 2 amide bonds. The lowest BCUT2D eigenvalue weighted by atomic mass is 10.0. The molecule has 2 aliphatic rings. The van der Waals surface area contributed by atoms with Gasteiger partial charge in [0.1, 0.15) is 24.6 Å². The first-order chi connectivity index (χ1) is 19.5. The van der Waals surface area contributed by atoms with Gasteiger partial charge < -0.3 is 33.9 Å². The summed E-state index contributed by atoms with van der Waals surface area (Å²) in [6.07, 6.45) is -3.99. The van der Waals surface area contributed by atoms with Crippen LogP contribution >= 0.6 is 0 Å². The first-order valence-corrected chi connectivity index (χ1v) is 12.9. The van der Waals surface area contributed by atoms with Crippen LogP contribution in [-0.4, -0.2) is 95.6 Å². The largest absolute Gasteiger partial charge is 0.473 e. The minimum Gasteiger partial charge on any atom is -0.473 e. The van der Waals surface area contributed by atoms with Crippen molar-refractivity contribution in [3.05, 3.63) is 40.4 Å². The fraction of sp³-hybridized carbons (Fsp3) is 0.520. The van der Waals surface area contributed by atoms with Gasteiger partial charge in [-0.25, -0.2) is 14.2 Å². The number of nitrogens with zero attached hydrogens (tertiary/aromatic N) is 5. The predicted octanol–water partition coefficient (Wildman–Crippen LogP) is 2.55. The van der Waals surface area contributed by atoms with Crippen LogP contribution in [0, 0.1) is 0 Å². The van der Waals surface area contributed by atoms with Crippen LogP contribution in [0.15, 0.2) is 29.3 Å². The maximum absolute atomic E-state index is 15.4. The summed E-state index contributed by atoms with van der Waals surface area (Å²) >= 11 is 0. The summed E-state index contributed by atoms with van der Waals surface area (Å²) in [4.78, 5) is 32.3. The highest BCUT2D eigenvalue weighted by molar-refractivity contribution is 5.89. The van der Waals surface area contributed by atoms with E-state index in [1.807, 2.05) is 0 Å². The Kier molecular flexibility index (Phi) is 8.04. The van der Waals surface area contributed by atoms with E-state index in [4.69, 9.17) is 14.2 Å². The highest BCUT2D eigenvalue weighted by Gasteiger charge is 2.36. The Morgan fingerprint density at radius 1 is 1.32 bits per heavy atom. The number of aromatic nitrogens is 4. The lowest BCUT2D eigenvalue weighted by Gasteiger charge is -2.39. The fourth-order valence-electron chi connectivity index (χ4n) is 4.83.